The molecule has 0 aromatic heterocycles. The van der Waals surface area contributed by atoms with E-state index in [0.717, 1.165) is 12.1 Å². The summed E-state index contributed by atoms with van der Waals surface area (Å²) in [5, 5.41) is 22.4. The molecule has 0 heterocycles. The Hall–Kier alpha value is -2.02. The van der Waals surface area contributed by atoms with Crippen LogP contribution in [0.5, 0.6) is 0 Å². The van der Waals surface area contributed by atoms with Crippen molar-refractivity contribution in [1.82, 2.24) is 5.32 Å². The number of nitrogens with one attached hydrogen (secondary N) is 1. The van der Waals surface area contributed by atoms with Gasteiger partial charge in [0, 0.05) is 18.2 Å². The van der Waals surface area contributed by atoms with Gasteiger partial charge in [-0.25, -0.2) is 4.39 Å². The average molecular weight is 284 g/mol. The first kappa shape index (κ1) is 16.0. The fourth-order valence-corrected chi connectivity index (χ4v) is 1.89. The minimum Gasteiger partial charge on any atom is -0.393 e. The maximum absolute atomic E-state index is 13.9. The van der Waals surface area contributed by atoms with Crippen molar-refractivity contribution in [2.75, 3.05) is 0 Å². The second kappa shape index (κ2) is 6.42. The van der Waals surface area contributed by atoms with E-state index < -0.39 is 22.8 Å². The van der Waals surface area contributed by atoms with Crippen LogP contribution in [0.4, 0.5) is 10.1 Å². The van der Waals surface area contributed by atoms with Gasteiger partial charge in [-0.05, 0) is 32.8 Å². The Morgan fingerprint density at radius 3 is 2.60 bits per heavy atom. The van der Waals surface area contributed by atoms with E-state index in [0.29, 0.717) is 6.42 Å². The van der Waals surface area contributed by atoms with Crippen LogP contribution >= 0.6 is 0 Å². The summed E-state index contributed by atoms with van der Waals surface area (Å²) in [7, 11) is 0. The van der Waals surface area contributed by atoms with Crippen LogP contribution in [0.15, 0.2) is 12.1 Å². The minimum atomic E-state index is -0.780. The van der Waals surface area contributed by atoms with E-state index in [1.807, 2.05) is 0 Å². The highest BCUT2D eigenvalue weighted by Gasteiger charge is 2.21. The quantitative estimate of drug-likeness (QED) is 0.638. The lowest BCUT2D eigenvalue weighted by Gasteiger charge is -2.16. The molecule has 1 aromatic carbocycles. The summed E-state index contributed by atoms with van der Waals surface area (Å²) in [6, 6.07) is 1.61. The van der Waals surface area contributed by atoms with Crippen molar-refractivity contribution in [3.8, 4) is 0 Å². The highest BCUT2D eigenvalue weighted by atomic mass is 19.1. The molecule has 6 nitrogen and oxygen atoms in total. The molecular formula is C13H17FN2O4. The standard InChI is InChI=1S/C13H17FN2O4/c1-7-4-10(16(19)20)6-11(12(7)14)13(18)15-8(2)5-9(3)17/h4,6,8-9,17H,5H2,1-3H3,(H,15,18). The molecule has 7 heteroatoms. The summed E-state index contributed by atoms with van der Waals surface area (Å²) in [4.78, 5) is 22.0. The molecule has 0 aliphatic rings. The molecule has 0 radical (unpaired) electrons. The number of aliphatic hydroxyl groups excluding tert-OH is 1. The number of carbonyl (C=O) groups is 1. The zero-order chi connectivity index (χ0) is 15.4. The second-order valence-electron chi connectivity index (χ2n) is 4.84. The van der Waals surface area contributed by atoms with Crippen LogP contribution in [0.2, 0.25) is 0 Å². The van der Waals surface area contributed by atoms with Gasteiger partial charge in [0.25, 0.3) is 11.6 Å². The molecule has 0 bridgehead atoms. The van der Waals surface area contributed by atoms with E-state index in [1.165, 1.54) is 6.92 Å². The molecule has 2 atom stereocenters. The van der Waals surface area contributed by atoms with Crippen LogP contribution < -0.4 is 5.32 Å². The summed E-state index contributed by atoms with van der Waals surface area (Å²) in [6.45, 7) is 4.59. The predicted molar refractivity (Wildman–Crippen MR) is 71.0 cm³/mol. The molecule has 2 unspecified atom stereocenters. The van der Waals surface area contributed by atoms with Crippen molar-refractivity contribution in [2.24, 2.45) is 0 Å². The molecule has 20 heavy (non-hydrogen) atoms. The first-order chi connectivity index (χ1) is 9.22. The third kappa shape index (κ3) is 3.99. The number of halogens is 1. The predicted octanol–water partition coefficient (Wildman–Crippen LogP) is 1.93. The van der Waals surface area contributed by atoms with E-state index in [-0.39, 0.29) is 22.9 Å². The fourth-order valence-electron chi connectivity index (χ4n) is 1.89. The lowest BCUT2D eigenvalue weighted by atomic mass is 10.1. The minimum absolute atomic E-state index is 0.0347. The maximum atomic E-state index is 13.9. The number of rotatable bonds is 5. The summed E-state index contributed by atoms with van der Waals surface area (Å²) < 4.78 is 13.9. The number of hydrogen-bond acceptors (Lipinski definition) is 4. The highest BCUT2D eigenvalue weighted by molar-refractivity contribution is 5.95. The van der Waals surface area contributed by atoms with Gasteiger partial charge in [-0.3, -0.25) is 14.9 Å². The smallest absolute Gasteiger partial charge is 0.270 e. The Morgan fingerprint density at radius 2 is 2.10 bits per heavy atom. The van der Waals surface area contributed by atoms with Gasteiger partial charge >= 0.3 is 0 Å². The van der Waals surface area contributed by atoms with Crippen molar-refractivity contribution < 1.29 is 19.2 Å². The second-order valence-corrected chi connectivity index (χ2v) is 4.84. The molecule has 0 saturated carbocycles. The van der Waals surface area contributed by atoms with Crippen LogP contribution in [-0.2, 0) is 0 Å². The van der Waals surface area contributed by atoms with E-state index in [2.05, 4.69) is 5.32 Å². The number of amides is 1. The van der Waals surface area contributed by atoms with Crippen molar-refractivity contribution in [2.45, 2.75) is 39.3 Å². The summed E-state index contributed by atoms with van der Waals surface area (Å²) in [5.74, 6) is -1.51. The van der Waals surface area contributed by atoms with Gasteiger partial charge < -0.3 is 10.4 Å². The van der Waals surface area contributed by atoms with Gasteiger partial charge in [-0.1, -0.05) is 0 Å². The zero-order valence-corrected chi connectivity index (χ0v) is 11.5. The van der Waals surface area contributed by atoms with Gasteiger partial charge in [0.15, 0.2) is 0 Å². The number of aliphatic hydroxyl groups is 1. The van der Waals surface area contributed by atoms with Gasteiger partial charge in [0.1, 0.15) is 5.82 Å². The van der Waals surface area contributed by atoms with Crippen LogP contribution in [0.3, 0.4) is 0 Å². The van der Waals surface area contributed by atoms with E-state index in [4.69, 9.17) is 0 Å². The van der Waals surface area contributed by atoms with Crippen LogP contribution in [0.25, 0.3) is 0 Å². The van der Waals surface area contributed by atoms with E-state index in [1.54, 1.807) is 13.8 Å². The van der Waals surface area contributed by atoms with Crippen LogP contribution in [0, 0.1) is 22.9 Å². The third-order valence-electron chi connectivity index (χ3n) is 2.77. The van der Waals surface area contributed by atoms with Gasteiger partial charge in [-0.2, -0.15) is 0 Å². The normalized spacial score (nSPS) is 13.7. The molecule has 0 aliphatic carbocycles. The number of benzene rings is 1. The Kier molecular flexibility index (Phi) is 5.15. The van der Waals surface area contributed by atoms with Gasteiger partial charge in [0.2, 0.25) is 0 Å². The number of nitro groups is 1. The topological polar surface area (TPSA) is 92.5 Å². The number of hydrogen-bond donors (Lipinski definition) is 2. The first-order valence-corrected chi connectivity index (χ1v) is 6.15. The number of aryl methyl sites for hydroxylation is 1. The van der Waals surface area contributed by atoms with Crippen molar-refractivity contribution in [3.05, 3.63) is 39.2 Å². The maximum Gasteiger partial charge on any atom is 0.270 e. The molecule has 0 fully saturated rings. The van der Waals surface area contributed by atoms with E-state index in [9.17, 15) is 24.4 Å². The van der Waals surface area contributed by atoms with E-state index >= 15 is 0 Å². The molecule has 0 aliphatic heterocycles. The molecule has 110 valence electrons. The summed E-state index contributed by atoms with van der Waals surface area (Å²) >= 11 is 0. The molecule has 1 aromatic rings. The third-order valence-corrected chi connectivity index (χ3v) is 2.77. The Balaban J connectivity index is 3.00. The van der Waals surface area contributed by atoms with Crippen molar-refractivity contribution in [3.63, 3.8) is 0 Å². The van der Waals surface area contributed by atoms with Crippen molar-refractivity contribution >= 4 is 11.6 Å². The SMILES string of the molecule is Cc1cc([N+](=O)[O-])cc(C(=O)NC(C)CC(C)O)c1F. The summed E-state index contributed by atoms with van der Waals surface area (Å²) in [5.41, 5.74) is -0.668. The molecule has 0 saturated heterocycles. The van der Waals surface area contributed by atoms with Crippen LogP contribution in [0.1, 0.15) is 36.2 Å². The largest absolute Gasteiger partial charge is 0.393 e. The monoisotopic (exact) mass is 284 g/mol. The average Bonchev–Trinajstić information content (AvgIpc) is 2.30. The lowest BCUT2D eigenvalue weighted by Crippen LogP contribution is -2.35. The zero-order valence-electron chi connectivity index (χ0n) is 11.5. The Morgan fingerprint density at radius 1 is 1.50 bits per heavy atom. The molecule has 0 spiro atoms. The number of non-ortho nitro benzene ring substituents is 1. The van der Waals surface area contributed by atoms with Crippen LogP contribution in [-0.4, -0.2) is 28.1 Å². The first-order valence-electron chi connectivity index (χ1n) is 6.15. The van der Waals surface area contributed by atoms with Gasteiger partial charge in [-0.15, -0.1) is 0 Å². The van der Waals surface area contributed by atoms with Gasteiger partial charge in [0.05, 0.1) is 16.6 Å². The molecular weight excluding hydrogens is 267 g/mol. The summed E-state index contributed by atoms with van der Waals surface area (Å²) in [6.07, 6.45) is -0.302. The number of nitro benzene ring substituents is 1. The number of nitrogens with zero attached hydrogens (tertiary/aromatic N) is 1. The Bertz CT molecular complexity index is 531. The molecule has 1 rings (SSSR count). The molecule has 2 N–H and O–H groups in total. The lowest BCUT2D eigenvalue weighted by molar-refractivity contribution is -0.385. The molecule has 1 amide bonds. The van der Waals surface area contributed by atoms with Crippen molar-refractivity contribution in [1.29, 1.82) is 0 Å². The highest BCUT2D eigenvalue weighted by Crippen LogP contribution is 2.21. The number of carbonyl (C=O) groups excluding carboxylic acids is 1. The Labute approximate surface area is 115 Å². The fraction of sp³-hybridized carbons (Fsp3) is 0.462.